The maximum absolute atomic E-state index is 10.5. The molecule has 0 amide bonds. The average Bonchev–Trinajstić information content (AvgIpc) is 2.70. The fraction of sp³-hybridized carbons (Fsp3) is 1.00. The molecule has 0 radical (unpaired) electrons. The van der Waals surface area contributed by atoms with Gasteiger partial charge < -0.3 is 10.2 Å². The van der Waals surface area contributed by atoms with Gasteiger partial charge in [0, 0.05) is 0 Å². The zero-order valence-electron chi connectivity index (χ0n) is 13.7. The van der Waals surface area contributed by atoms with Gasteiger partial charge in [0.1, 0.15) is 0 Å². The van der Waals surface area contributed by atoms with Crippen molar-refractivity contribution in [3.63, 3.8) is 0 Å². The van der Waals surface area contributed by atoms with Crippen LogP contribution in [0.3, 0.4) is 0 Å². The van der Waals surface area contributed by atoms with E-state index in [2.05, 4.69) is 13.8 Å². The van der Waals surface area contributed by atoms with E-state index >= 15 is 0 Å². The molecule has 0 unspecified atom stereocenters. The van der Waals surface area contributed by atoms with E-state index in [1.165, 1.54) is 44.9 Å². The van der Waals surface area contributed by atoms with Gasteiger partial charge in [-0.25, -0.2) is 0 Å². The Morgan fingerprint density at radius 1 is 0.810 bits per heavy atom. The van der Waals surface area contributed by atoms with Crippen molar-refractivity contribution < 1.29 is 10.2 Å². The first-order chi connectivity index (χ1) is 9.97. The maximum Gasteiger partial charge on any atom is 0.0855 e. The Morgan fingerprint density at radius 2 is 1.62 bits per heavy atom. The number of fused-ring (bicyclic) bond motifs is 5. The number of hydrogen-bond acceptors (Lipinski definition) is 2. The average molecular weight is 292 g/mol. The lowest BCUT2D eigenvalue weighted by Crippen LogP contribution is -2.53. The van der Waals surface area contributed by atoms with E-state index in [1.807, 2.05) is 0 Å². The predicted molar refractivity (Wildman–Crippen MR) is 83.7 cm³/mol. The van der Waals surface area contributed by atoms with Crippen molar-refractivity contribution >= 4 is 0 Å². The topological polar surface area (TPSA) is 40.5 Å². The van der Waals surface area contributed by atoms with Gasteiger partial charge >= 0.3 is 0 Å². The molecule has 0 spiro atoms. The standard InChI is InChI=1S/C19H32O2/c1-18-9-4-3-5-12(18)6-7-13-14(18)8-10-19(2)15(13)11-16(20)17(19)21/h12-17,20-21H,3-11H2,1-2H3/t12-,13+,14-,15-,16-,17+,18+,19+/m1/s1. The van der Waals surface area contributed by atoms with Crippen molar-refractivity contribution in [3.8, 4) is 0 Å². The maximum atomic E-state index is 10.5. The van der Waals surface area contributed by atoms with Crippen LogP contribution in [0.25, 0.3) is 0 Å². The third kappa shape index (κ3) is 1.84. The quantitative estimate of drug-likeness (QED) is 0.714. The Hall–Kier alpha value is -0.0800. The molecule has 120 valence electrons. The van der Waals surface area contributed by atoms with Crippen LogP contribution in [0.4, 0.5) is 0 Å². The summed E-state index contributed by atoms with van der Waals surface area (Å²) >= 11 is 0. The van der Waals surface area contributed by atoms with E-state index in [-0.39, 0.29) is 5.41 Å². The fourth-order valence-corrected chi connectivity index (χ4v) is 7.28. The molecule has 0 aromatic carbocycles. The van der Waals surface area contributed by atoms with Crippen LogP contribution in [0.15, 0.2) is 0 Å². The van der Waals surface area contributed by atoms with Gasteiger partial charge in [0.2, 0.25) is 0 Å². The first-order valence-electron chi connectivity index (χ1n) is 9.33. The van der Waals surface area contributed by atoms with Gasteiger partial charge in [-0.1, -0.05) is 26.7 Å². The molecule has 8 atom stereocenters. The van der Waals surface area contributed by atoms with Gasteiger partial charge in [0.25, 0.3) is 0 Å². The number of aliphatic hydroxyl groups excluding tert-OH is 2. The molecule has 4 rings (SSSR count). The molecule has 0 bridgehead atoms. The third-order valence-electron chi connectivity index (χ3n) is 8.56. The Balaban J connectivity index is 1.65. The van der Waals surface area contributed by atoms with Crippen molar-refractivity contribution in [1.29, 1.82) is 0 Å². The van der Waals surface area contributed by atoms with E-state index in [4.69, 9.17) is 0 Å². The van der Waals surface area contributed by atoms with Crippen molar-refractivity contribution in [1.82, 2.24) is 0 Å². The Morgan fingerprint density at radius 3 is 2.43 bits per heavy atom. The van der Waals surface area contributed by atoms with Crippen LogP contribution in [0.5, 0.6) is 0 Å². The van der Waals surface area contributed by atoms with Crippen LogP contribution in [0.2, 0.25) is 0 Å². The summed E-state index contributed by atoms with van der Waals surface area (Å²) in [4.78, 5) is 0. The Kier molecular flexibility index (Phi) is 3.25. The molecule has 2 heteroatoms. The highest BCUT2D eigenvalue weighted by atomic mass is 16.3. The molecular formula is C19H32O2. The highest BCUT2D eigenvalue weighted by Crippen LogP contribution is 2.66. The van der Waals surface area contributed by atoms with Crippen molar-refractivity contribution in [3.05, 3.63) is 0 Å². The minimum atomic E-state index is -0.486. The Bertz CT molecular complexity index is 422. The summed E-state index contributed by atoms with van der Waals surface area (Å²) in [5.41, 5.74) is 0.541. The molecule has 4 fully saturated rings. The summed E-state index contributed by atoms with van der Waals surface area (Å²) in [6.07, 6.45) is 10.8. The van der Waals surface area contributed by atoms with Crippen LogP contribution < -0.4 is 0 Å². The molecule has 4 saturated carbocycles. The summed E-state index contributed by atoms with van der Waals surface area (Å²) in [5.74, 6) is 3.12. The monoisotopic (exact) mass is 292 g/mol. The minimum absolute atomic E-state index is 0.0154. The molecule has 0 aromatic heterocycles. The number of hydrogen-bond donors (Lipinski definition) is 2. The molecule has 0 aromatic rings. The second kappa shape index (κ2) is 4.71. The lowest BCUT2D eigenvalue weighted by atomic mass is 9.45. The largest absolute Gasteiger partial charge is 0.390 e. The second-order valence-electron chi connectivity index (χ2n) is 9.20. The predicted octanol–water partition coefficient (Wildman–Crippen LogP) is 3.75. The summed E-state index contributed by atoms with van der Waals surface area (Å²) in [5, 5.41) is 20.7. The summed E-state index contributed by atoms with van der Waals surface area (Å²) in [7, 11) is 0. The molecular weight excluding hydrogens is 260 g/mol. The molecule has 2 nitrogen and oxygen atoms in total. The van der Waals surface area contributed by atoms with E-state index in [0.717, 1.165) is 30.6 Å². The molecule has 4 aliphatic carbocycles. The zero-order valence-corrected chi connectivity index (χ0v) is 13.7. The smallest absolute Gasteiger partial charge is 0.0855 e. The van der Waals surface area contributed by atoms with E-state index in [0.29, 0.717) is 11.3 Å². The molecule has 4 aliphatic rings. The van der Waals surface area contributed by atoms with Crippen LogP contribution in [0, 0.1) is 34.5 Å². The molecule has 2 N–H and O–H groups in total. The SMILES string of the molecule is C[C@]12CCCC[C@@H]1CC[C@H]1[C@H]2CC[C@@]2(C)[C@@H]1C[C@@H](O)[C@@H]2O. The second-order valence-corrected chi connectivity index (χ2v) is 9.20. The van der Waals surface area contributed by atoms with E-state index in [1.54, 1.807) is 0 Å². The third-order valence-corrected chi connectivity index (χ3v) is 8.56. The molecule has 21 heavy (non-hydrogen) atoms. The number of aliphatic hydroxyl groups is 2. The lowest BCUT2D eigenvalue weighted by molar-refractivity contribution is -0.123. The van der Waals surface area contributed by atoms with E-state index in [9.17, 15) is 10.2 Å². The normalized spacial score (nSPS) is 60.0. The van der Waals surface area contributed by atoms with Gasteiger partial charge in [0.05, 0.1) is 12.2 Å². The first-order valence-corrected chi connectivity index (χ1v) is 9.33. The lowest BCUT2D eigenvalue weighted by Gasteiger charge is -2.60. The zero-order chi connectivity index (χ0) is 14.8. The highest BCUT2D eigenvalue weighted by molar-refractivity contribution is 5.10. The summed E-state index contributed by atoms with van der Waals surface area (Å²) in [6.45, 7) is 4.84. The first kappa shape index (κ1) is 14.5. The fourth-order valence-electron chi connectivity index (χ4n) is 7.28. The molecule has 0 heterocycles. The van der Waals surface area contributed by atoms with Crippen molar-refractivity contribution in [2.75, 3.05) is 0 Å². The molecule has 0 saturated heterocycles. The van der Waals surface area contributed by atoms with Crippen molar-refractivity contribution in [2.45, 2.75) is 83.8 Å². The van der Waals surface area contributed by atoms with Gasteiger partial charge in [-0.3, -0.25) is 0 Å². The van der Waals surface area contributed by atoms with Crippen LogP contribution in [-0.2, 0) is 0 Å². The van der Waals surface area contributed by atoms with Crippen LogP contribution in [0.1, 0.15) is 71.6 Å². The van der Waals surface area contributed by atoms with E-state index < -0.39 is 12.2 Å². The van der Waals surface area contributed by atoms with Crippen LogP contribution >= 0.6 is 0 Å². The molecule has 0 aliphatic heterocycles. The van der Waals surface area contributed by atoms with Gasteiger partial charge in [-0.15, -0.1) is 0 Å². The summed E-state index contributed by atoms with van der Waals surface area (Å²) in [6, 6.07) is 0. The number of rotatable bonds is 0. The minimum Gasteiger partial charge on any atom is -0.390 e. The Labute approximate surface area is 129 Å². The van der Waals surface area contributed by atoms with Crippen molar-refractivity contribution in [2.24, 2.45) is 34.5 Å². The summed E-state index contributed by atoms with van der Waals surface area (Å²) < 4.78 is 0. The van der Waals surface area contributed by atoms with Crippen LogP contribution in [-0.4, -0.2) is 22.4 Å². The highest BCUT2D eigenvalue weighted by Gasteiger charge is 2.61. The van der Waals surface area contributed by atoms with Gasteiger partial charge in [-0.2, -0.15) is 0 Å². The van der Waals surface area contributed by atoms with Gasteiger partial charge in [-0.05, 0) is 79.4 Å². The van der Waals surface area contributed by atoms with Gasteiger partial charge in [0.15, 0.2) is 0 Å².